The van der Waals surface area contributed by atoms with Crippen LogP contribution in [0.15, 0.2) is 6.07 Å². The van der Waals surface area contributed by atoms with Crippen molar-refractivity contribution in [2.24, 2.45) is 0 Å². The molecule has 0 saturated carbocycles. The summed E-state index contributed by atoms with van der Waals surface area (Å²) in [4.78, 5) is 8.42. The van der Waals surface area contributed by atoms with Gasteiger partial charge < -0.3 is 9.47 Å². The van der Waals surface area contributed by atoms with Crippen LogP contribution in [0, 0.1) is 0 Å². The zero-order chi connectivity index (χ0) is 11.4. The summed E-state index contributed by atoms with van der Waals surface area (Å²) in [6, 6.07) is 1.70. The fourth-order valence-corrected chi connectivity index (χ4v) is 1.27. The molecule has 5 heteroatoms. The summed E-state index contributed by atoms with van der Waals surface area (Å²) in [5.74, 6) is 0.573. The third kappa shape index (κ3) is 3.12. The number of hydrogen-bond donors (Lipinski definition) is 0. The van der Waals surface area contributed by atoms with E-state index >= 15 is 0 Å². The highest BCUT2D eigenvalue weighted by Gasteiger charge is 2.13. The van der Waals surface area contributed by atoms with E-state index in [0.29, 0.717) is 11.0 Å². The molecule has 0 radical (unpaired) electrons. The van der Waals surface area contributed by atoms with Gasteiger partial charge in [0, 0.05) is 14.2 Å². The van der Waals surface area contributed by atoms with Crippen LogP contribution in [0.3, 0.4) is 0 Å². The molecule has 0 unspecified atom stereocenters. The van der Waals surface area contributed by atoms with Crippen molar-refractivity contribution in [3.8, 4) is 0 Å². The van der Waals surface area contributed by atoms with Crippen molar-refractivity contribution in [2.75, 3.05) is 14.2 Å². The first-order valence-electron chi connectivity index (χ1n) is 4.68. The van der Waals surface area contributed by atoms with Gasteiger partial charge in [-0.3, -0.25) is 0 Å². The first-order chi connectivity index (χ1) is 7.08. The second-order valence-electron chi connectivity index (χ2n) is 3.23. The van der Waals surface area contributed by atoms with Gasteiger partial charge in [-0.1, -0.05) is 11.6 Å². The number of nitrogens with zero attached hydrogens (tertiary/aromatic N) is 2. The SMILES string of the molecule is CO[C@H](C)c1cc(Cl)nc([C@@H](C)OC)n1. The molecule has 0 amide bonds. The van der Waals surface area contributed by atoms with Gasteiger partial charge >= 0.3 is 0 Å². The lowest BCUT2D eigenvalue weighted by atomic mass is 10.2. The Labute approximate surface area is 94.6 Å². The summed E-state index contributed by atoms with van der Waals surface area (Å²) in [6.45, 7) is 3.77. The van der Waals surface area contributed by atoms with Gasteiger partial charge in [0.25, 0.3) is 0 Å². The minimum absolute atomic E-state index is 0.103. The maximum absolute atomic E-state index is 5.89. The van der Waals surface area contributed by atoms with Gasteiger partial charge in [-0.25, -0.2) is 9.97 Å². The van der Waals surface area contributed by atoms with E-state index in [2.05, 4.69) is 9.97 Å². The second kappa shape index (κ2) is 5.39. The zero-order valence-corrected chi connectivity index (χ0v) is 10.1. The molecule has 0 N–H and O–H groups in total. The quantitative estimate of drug-likeness (QED) is 0.746. The van der Waals surface area contributed by atoms with E-state index in [4.69, 9.17) is 21.1 Å². The Hall–Kier alpha value is -0.710. The van der Waals surface area contributed by atoms with Gasteiger partial charge in [0.2, 0.25) is 0 Å². The van der Waals surface area contributed by atoms with Gasteiger partial charge in [0.05, 0.1) is 11.8 Å². The largest absolute Gasteiger partial charge is 0.375 e. The first-order valence-corrected chi connectivity index (χ1v) is 5.06. The Kier molecular flexibility index (Phi) is 4.45. The Balaban J connectivity index is 3.04. The molecular formula is C10H15ClN2O2. The molecule has 0 spiro atoms. The Morgan fingerprint density at radius 1 is 1.13 bits per heavy atom. The standard InChI is InChI=1S/C10H15ClN2O2/c1-6(14-3)8-5-9(11)13-10(12-8)7(2)15-4/h5-7H,1-4H3/t6-,7-/m1/s1. The number of rotatable bonds is 4. The monoisotopic (exact) mass is 230 g/mol. The minimum atomic E-state index is -0.175. The summed E-state index contributed by atoms with van der Waals surface area (Å²) in [6.07, 6.45) is -0.278. The van der Waals surface area contributed by atoms with Gasteiger partial charge in [-0.15, -0.1) is 0 Å². The van der Waals surface area contributed by atoms with Crippen LogP contribution in [-0.2, 0) is 9.47 Å². The van der Waals surface area contributed by atoms with Crippen molar-refractivity contribution >= 4 is 11.6 Å². The van der Waals surface area contributed by atoms with Gasteiger partial charge in [0.1, 0.15) is 11.3 Å². The van der Waals surface area contributed by atoms with Gasteiger partial charge in [-0.2, -0.15) is 0 Å². The number of hydrogen-bond acceptors (Lipinski definition) is 4. The van der Waals surface area contributed by atoms with Crippen molar-refractivity contribution < 1.29 is 9.47 Å². The van der Waals surface area contributed by atoms with E-state index in [0.717, 1.165) is 5.69 Å². The van der Waals surface area contributed by atoms with E-state index in [1.165, 1.54) is 0 Å². The highest BCUT2D eigenvalue weighted by atomic mass is 35.5. The molecule has 2 atom stereocenters. The molecular weight excluding hydrogens is 216 g/mol. The maximum Gasteiger partial charge on any atom is 0.158 e. The molecule has 1 heterocycles. The summed E-state index contributed by atoms with van der Waals surface area (Å²) in [5, 5.41) is 0.405. The molecule has 1 aromatic heterocycles. The average molecular weight is 231 g/mol. The summed E-state index contributed by atoms with van der Waals surface area (Å²) < 4.78 is 10.3. The Morgan fingerprint density at radius 3 is 2.27 bits per heavy atom. The first kappa shape index (κ1) is 12.4. The smallest absolute Gasteiger partial charge is 0.158 e. The van der Waals surface area contributed by atoms with E-state index in [-0.39, 0.29) is 12.2 Å². The lowest BCUT2D eigenvalue weighted by Crippen LogP contribution is -2.08. The van der Waals surface area contributed by atoms with Gasteiger partial charge in [-0.05, 0) is 19.9 Å². The van der Waals surface area contributed by atoms with E-state index in [9.17, 15) is 0 Å². The van der Waals surface area contributed by atoms with E-state index in [1.54, 1.807) is 20.3 Å². The van der Waals surface area contributed by atoms with Crippen molar-refractivity contribution in [1.29, 1.82) is 0 Å². The third-order valence-electron chi connectivity index (χ3n) is 2.22. The van der Waals surface area contributed by atoms with Crippen molar-refractivity contribution in [3.05, 3.63) is 22.7 Å². The van der Waals surface area contributed by atoms with Crippen LogP contribution in [0.2, 0.25) is 5.15 Å². The number of ether oxygens (including phenoxy) is 2. The Bertz CT molecular complexity index is 305. The van der Waals surface area contributed by atoms with Crippen LogP contribution >= 0.6 is 11.6 Å². The molecule has 4 nitrogen and oxygen atoms in total. The topological polar surface area (TPSA) is 44.2 Å². The van der Waals surface area contributed by atoms with Crippen molar-refractivity contribution in [2.45, 2.75) is 26.1 Å². The number of halogens is 1. The minimum Gasteiger partial charge on any atom is -0.375 e. The molecule has 0 aliphatic carbocycles. The summed E-state index contributed by atoms with van der Waals surface area (Å²) >= 11 is 5.89. The highest BCUT2D eigenvalue weighted by Crippen LogP contribution is 2.20. The summed E-state index contributed by atoms with van der Waals surface area (Å²) in [5.41, 5.74) is 0.761. The lowest BCUT2D eigenvalue weighted by Gasteiger charge is -2.13. The van der Waals surface area contributed by atoms with Gasteiger partial charge in [0.15, 0.2) is 5.82 Å². The predicted molar refractivity (Wildman–Crippen MR) is 57.9 cm³/mol. The van der Waals surface area contributed by atoms with Crippen LogP contribution in [0.25, 0.3) is 0 Å². The van der Waals surface area contributed by atoms with E-state index in [1.807, 2.05) is 13.8 Å². The molecule has 0 aliphatic heterocycles. The van der Waals surface area contributed by atoms with Crippen molar-refractivity contribution in [1.82, 2.24) is 9.97 Å². The second-order valence-corrected chi connectivity index (χ2v) is 3.62. The third-order valence-corrected chi connectivity index (χ3v) is 2.41. The molecule has 0 aromatic carbocycles. The van der Waals surface area contributed by atoms with Crippen LogP contribution in [0.1, 0.15) is 37.6 Å². The lowest BCUT2D eigenvalue weighted by molar-refractivity contribution is 0.104. The molecule has 0 aliphatic rings. The molecule has 15 heavy (non-hydrogen) atoms. The van der Waals surface area contributed by atoms with Crippen LogP contribution < -0.4 is 0 Å². The average Bonchev–Trinajstić information content (AvgIpc) is 2.26. The molecule has 0 bridgehead atoms. The van der Waals surface area contributed by atoms with Crippen molar-refractivity contribution in [3.63, 3.8) is 0 Å². The zero-order valence-electron chi connectivity index (χ0n) is 9.32. The maximum atomic E-state index is 5.89. The molecule has 1 rings (SSSR count). The van der Waals surface area contributed by atoms with Crippen LogP contribution in [0.5, 0.6) is 0 Å². The molecule has 0 fully saturated rings. The molecule has 84 valence electrons. The fraction of sp³-hybridized carbons (Fsp3) is 0.600. The highest BCUT2D eigenvalue weighted by molar-refractivity contribution is 6.29. The molecule has 1 aromatic rings. The number of methoxy groups -OCH3 is 2. The Morgan fingerprint density at radius 2 is 1.73 bits per heavy atom. The number of aromatic nitrogens is 2. The van der Waals surface area contributed by atoms with Crippen LogP contribution in [-0.4, -0.2) is 24.2 Å². The van der Waals surface area contributed by atoms with Crippen LogP contribution in [0.4, 0.5) is 0 Å². The predicted octanol–water partition coefficient (Wildman–Crippen LogP) is 2.54. The normalized spacial score (nSPS) is 15.0. The van der Waals surface area contributed by atoms with E-state index < -0.39 is 0 Å². The molecule has 0 saturated heterocycles. The fourth-order valence-electron chi connectivity index (χ4n) is 1.07. The summed E-state index contributed by atoms with van der Waals surface area (Å²) in [7, 11) is 3.23.